The summed E-state index contributed by atoms with van der Waals surface area (Å²) in [6, 6.07) is 4.12. The van der Waals surface area contributed by atoms with Crippen LogP contribution in [0, 0.1) is 12.8 Å². The van der Waals surface area contributed by atoms with Crippen LogP contribution >= 0.6 is 0 Å². The Hall–Kier alpha value is -1.44. The van der Waals surface area contributed by atoms with Gasteiger partial charge in [0.15, 0.2) is 0 Å². The Labute approximate surface area is 137 Å². The van der Waals surface area contributed by atoms with Crippen LogP contribution in [0.2, 0.25) is 0 Å². The Morgan fingerprint density at radius 1 is 1.30 bits per heavy atom. The molecule has 1 aliphatic rings. The number of nitrogens with one attached hydrogen (secondary N) is 1. The highest BCUT2D eigenvalue weighted by atomic mass is 32.2. The molecule has 128 valence electrons. The Bertz CT molecular complexity index is 667. The number of benzene rings is 1. The normalized spacial score (nSPS) is 17.8. The van der Waals surface area contributed by atoms with E-state index in [0.29, 0.717) is 5.56 Å². The number of aryl methyl sites for hydroxylation is 1. The molecule has 1 aromatic rings. The summed E-state index contributed by atoms with van der Waals surface area (Å²) in [6.45, 7) is 1.98. The lowest BCUT2D eigenvalue weighted by molar-refractivity contribution is 0.0999. The van der Waals surface area contributed by atoms with Gasteiger partial charge in [0.05, 0.1) is 4.90 Å². The van der Waals surface area contributed by atoms with E-state index < -0.39 is 15.9 Å². The summed E-state index contributed by atoms with van der Waals surface area (Å²) in [5.41, 5.74) is 12.0. The number of amides is 1. The smallest absolute Gasteiger partial charge is 0.249 e. The van der Waals surface area contributed by atoms with Gasteiger partial charge in [-0.1, -0.05) is 25.3 Å². The Morgan fingerprint density at radius 2 is 1.96 bits per heavy atom. The fourth-order valence-electron chi connectivity index (χ4n) is 3.17. The fraction of sp³-hybridized carbons (Fsp3) is 0.562. The predicted octanol–water partition coefficient (Wildman–Crippen LogP) is 1.28. The maximum absolute atomic E-state index is 12.6. The number of primary amides is 1. The highest BCUT2D eigenvalue weighted by molar-refractivity contribution is 7.89. The van der Waals surface area contributed by atoms with Crippen molar-refractivity contribution in [3.8, 4) is 0 Å². The molecule has 0 bridgehead atoms. The van der Waals surface area contributed by atoms with Gasteiger partial charge in [0.1, 0.15) is 0 Å². The van der Waals surface area contributed by atoms with Gasteiger partial charge in [-0.2, -0.15) is 0 Å². The first-order chi connectivity index (χ1) is 10.8. The van der Waals surface area contributed by atoms with Crippen molar-refractivity contribution >= 4 is 15.9 Å². The second kappa shape index (κ2) is 7.42. The van der Waals surface area contributed by atoms with E-state index in [2.05, 4.69) is 4.72 Å². The average Bonchev–Trinajstić information content (AvgIpc) is 2.53. The van der Waals surface area contributed by atoms with Crippen LogP contribution in [0.3, 0.4) is 0 Å². The minimum absolute atomic E-state index is 0.0474. The van der Waals surface area contributed by atoms with E-state index >= 15 is 0 Å². The Morgan fingerprint density at radius 3 is 2.52 bits per heavy atom. The molecule has 1 atom stereocenters. The maximum atomic E-state index is 12.6. The first kappa shape index (κ1) is 17.9. The molecule has 0 spiro atoms. The number of nitrogens with two attached hydrogens (primary N) is 2. The highest BCUT2D eigenvalue weighted by Crippen LogP contribution is 2.27. The molecule has 6 nitrogen and oxygen atoms in total. The number of rotatable bonds is 6. The molecule has 1 aromatic carbocycles. The van der Waals surface area contributed by atoms with Crippen molar-refractivity contribution in [3.63, 3.8) is 0 Å². The van der Waals surface area contributed by atoms with Gasteiger partial charge in [-0.15, -0.1) is 0 Å². The van der Waals surface area contributed by atoms with E-state index in [1.54, 1.807) is 13.0 Å². The highest BCUT2D eigenvalue weighted by Gasteiger charge is 2.27. The fourth-order valence-corrected chi connectivity index (χ4v) is 4.52. The molecule has 2 rings (SSSR count). The van der Waals surface area contributed by atoms with Crippen LogP contribution in [-0.2, 0) is 10.0 Å². The van der Waals surface area contributed by atoms with E-state index in [1.165, 1.54) is 18.6 Å². The quantitative estimate of drug-likeness (QED) is 0.724. The second-order valence-corrected chi connectivity index (χ2v) is 7.92. The average molecular weight is 339 g/mol. The van der Waals surface area contributed by atoms with Crippen LogP contribution in [0.25, 0.3) is 0 Å². The van der Waals surface area contributed by atoms with E-state index in [9.17, 15) is 13.2 Å². The minimum Gasteiger partial charge on any atom is -0.366 e. The van der Waals surface area contributed by atoms with Crippen molar-refractivity contribution in [2.24, 2.45) is 17.4 Å². The molecule has 1 amide bonds. The lowest BCUT2D eigenvalue weighted by Crippen LogP contribution is -2.45. The largest absolute Gasteiger partial charge is 0.366 e. The summed E-state index contributed by atoms with van der Waals surface area (Å²) in [5.74, 6) is -0.369. The molecule has 7 heteroatoms. The monoisotopic (exact) mass is 339 g/mol. The van der Waals surface area contributed by atoms with Crippen molar-refractivity contribution in [2.45, 2.75) is 50.0 Å². The van der Waals surface area contributed by atoms with Crippen LogP contribution < -0.4 is 16.2 Å². The van der Waals surface area contributed by atoms with E-state index in [4.69, 9.17) is 11.5 Å². The van der Waals surface area contributed by atoms with Gasteiger partial charge in [0.2, 0.25) is 15.9 Å². The third-order valence-electron chi connectivity index (χ3n) is 4.56. The lowest BCUT2D eigenvalue weighted by Gasteiger charge is -2.29. The summed E-state index contributed by atoms with van der Waals surface area (Å²) >= 11 is 0. The Balaban J connectivity index is 2.23. The van der Waals surface area contributed by atoms with Crippen LogP contribution in [0.15, 0.2) is 23.1 Å². The molecule has 0 aromatic heterocycles. The Kier molecular flexibility index (Phi) is 5.78. The first-order valence-corrected chi connectivity index (χ1v) is 9.46. The van der Waals surface area contributed by atoms with Gasteiger partial charge in [-0.25, -0.2) is 13.1 Å². The van der Waals surface area contributed by atoms with E-state index in [0.717, 1.165) is 25.7 Å². The SMILES string of the molecule is Cc1ccc(S(=O)(=O)NC(CN)C2CCCCC2)cc1C(N)=O. The van der Waals surface area contributed by atoms with Gasteiger partial charge >= 0.3 is 0 Å². The standard InChI is InChI=1S/C16H25N3O3S/c1-11-7-8-13(9-14(11)16(18)20)23(21,22)19-15(10-17)12-5-3-2-4-6-12/h7-9,12,15,19H,2-6,10,17H2,1H3,(H2,18,20). The topological polar surface area (TPSA) is 115 Å². The molecule has 0 saturated heterocycles. The summed E-state index contributed by atoms with van der Waals surface area (Å²) in [5, 5.41) is 0. The first-order valence-electron chi connectivity index (χ1n) is 7.98. The molecule has 23 heavy (non-hydrogen) atoms. The second-order valence-electron chi connectivity index (χ2n) is 6.20. The molecular weight excluding hydrogens is 314 g/mol. The predicted molar refractivity (Wildman–Crippen MR) is 89.4 cm³/mol. The molecule has 5 N–H and O–H groups in total. The molecule has 0 heterocycles. The van der Waals surface area contributed by atoms with Gasteiger partial charge in [0.25, 0.3) is 0 Å². The van der Waals surface area contributed by atoms with Crippen molar-refractivity contribution in [2.75, 3.05) is 6.54 Å². The maximum Gasteiger partial charge on any atom is 0.249 e. The number of carbonyl (C=O) groups is 1. The molecular formula is C16H25N3O3S. The van der Waals surface area contributed by atoms with Crippen molar-refractivity contribution in [1.29, 1.82) is 0 Å². The molecule has 1 fully saturated rings. The summed E-state index contributed by atoms with van der Waals surface area (Å²) in [7, 11) is -3.73. The van der Waals surface area contributed by atoms with E-state index in [-0.39, 0.29) is 29.0 Å². The van der Waals surface area contributed by atoms with Crippen LogP contribution in [0.1, 0.15) is 48.0 Å². The molecule has 1 unspecified atom stereocenters. The van der Waals surface area contributed by atoms with Crippen molar-refractivity contribution in [3.05, 3.63) is 29.3 Å². The van der Waals surface area contributed by atoms with Gasteiger partial charge in [-0.05, 0) is 43.4 Å². The summed E-state index contributed by atoms with van der Waals surface area (Å²) in [6.07, 6.45) is 5.40. The number of hydrogen-bond donors (Lipinski definition) is 3. The molecule has 1 aliphatic carbocycles. The van der Waals surface area contributed by atoms with Gasteiger partial charge in [0, 0.05) is 18.2 Å². The zero-order valence-corrected chi connectivity index (χ0v) is 14.2. The van der Waals surface area contributed by atoms with Crippen LogP contribution in [0.4, 0.5) is 0 Å². The molecule has 1 saturated carbocycles. The van der Waals surface area contributed by atoms with E-state index in [1.807, 2.05) is 0 Å². The molecule has 0 radical (unpaired) electrons. The van der Waals surface area contributed by atoms with Crippen molar-refractivity contribution < 1.29 is 13.2 Å². The third-order valence-corrected chi connectivity index (χ3v) is 6.05. The zero-order chi connectivity index (χ0) is 17.0. The number of carbonyl (C=O) groups excluding carboxylic acids is 1. The van der Waals surface area contributed by atoms with Crippen LogP contribution in [0.5, 0.6) is 0 Å². The van der Waals surface area contributed by atoms with Gasteiger partial charge in [-0.3, -0.25) is 4.79 Å². The summed E-state index contributed by atoms with van der Waals surface area (Å²) in [4.78, 5) is 11.5. The number of hydrogen-bond acceptors (Lipinski definition) is 4. The minimum atomic E-state index is -3.73. The summed E-state index contributed by atoms with van der Waals surface area (Å²) < 4.78 is 27.9. The van der Waals surface area contributed by atoms with Crippen molar-refractivity contribution in [1.82, 2.24) is 4.72 Å². The third kappa shape index (κ3) is 4.31. The van der Waals surface area contributed by atoms with Crippen LogP contribution in [-0.4, -0.2) is 26.9 Å². The van der Waals surface area contributed by atoms with Gasteiger partial charge < -0.3 is 11.5 Å². The molecule has 0 aliphatic heterocycles. The number of sulfonamides is 1. The zero-order valence-electron chi connectivity index (χ0n) is 13.4. The lowest BCUT2D eigenvalue weighted by atomic mass is 9.84.